The number of nitrogens with zero attached hydrogens (tertiary/aromatic N) is 2. The maximum Gasteiger partial charge on any atom is 0.297 e. The molecule has 152 valence electrons. The van der Waals surface area contributed by atoms with Gasteiger partial charge in [0.05, 0.1) is 27.0 Å². The van der Waals surface area contributed by atoms with E-state index < -0.39 is 0 Å². The molecular weight excluding hydrogens is 394 g/mol. The van der Waals surface area contributed by atoms with E-state index in [1.54, 1.807) is 38.7 Å². The quantitative estimate of drug-likeness (QED) is 0.632. The fourth-order valence-corrected chi connectivity index (χ4v) is 3.05. The molecule has 0 saturated carbocycles. The van der Waals surface area contributed by atoms with Crippen LogP contribution in [0.5, 0.6) is 17.2 Å². The summed E-state index contributed by atoms with van der Waals surface area (Å²) in [5, 5.41) is 3.65. The van der Waals surface area contributed by atoms with E-state index in [2.05, 4.69) is 10.3 Å². The van der Waals surface area contributed by atoms with Gasteiger partial charge in [0.2, 0.25) is 0 Å². The van der Waals surface area contributed by atoms with Crippen LogP contribution in [0.25, 0.3) is 5.69 Å². The fraction of sp³-hybridized carbons (Fsp3) is 0.238. The number of benzene rings is 2. The summed E-state index contributed by atoms with van der Waals surface area (Å²) in [5.74, 6) is 1.98. The van der Waals surface area contributed by atoms with E-state index in [1.807, 2.05) is 25.1 Å². The molecule has 0 amide bonds. The summed E-state index contributed by atoms with van der Waals surface area (Å²) in [7, 11) is 4.69. The van der Waals surface area contributed by atoms with Crippen molar-refractivity contribution in [3.63, 3.8) is 0 Å². The maximum absolute atomic E-state index is 13.0. The highest BCUT2D eigenvalue weighted by Crippen LogP contribution is 2.29. The maximum atomic E-state index is 13.0. The van der Waals surface area contributed by atoms with Gasteiger partial charge in [-0.3, -0.25) is 9.36 Å². The summed E-state index contributed by atoms with van der Waals surface area (Å²) in [6.07, 6.45) is 3.15. The van der Waals surface area contributed by atoms with Crippen molar-refractivity contribution in [2.45, 2.75) is 13.5 Å². The Hall–Kier alpha value is -3.19. The Morgan fingerprint density at radius 2 is 1.76 bits per heavy atom. The number of aryl methyl sites for hydroxylation is 1. The van der Waals surface area contributed by atoms with Gasteiger partial charge in [-0.2, -0.15) is 0 Å². The van der Waals surface area contributed by atoms with E-state index >= 15 is 0 Å². The summed E-state index contributed by atoms with van der Waals surface area (Å²) >= 11 is 6.18. The van der Waals surface area contributed by atoms with Crippen molar-refractivity contribution < 1.29 is 14.2 Å². The number of anilines is 1. The zero-order valence-electron chi connectivity index (χ0n) is 16.7. The smallest absolute Gasteiger partial charge is 0.297 e. The summed E-state index contributed by atoms with van der Waals surface area (Å²) in [6, 6.07) is 9.05. The lowest BCUT2D eigenvalue weighted by Crippen LogP contribution is -2.23. The molecule has 0 spiro atoms. The largest absolute Gasteiger partial charge is 0.495 e. The lowest BCUT2D eigenvalue weighted by molar-refractivity contribution is 0.354. The Morgan fingerprint density at radius 3 is 2.45 bits per heavy atom. The van der Waals surface area contributed by atoms with Crippen molar-refractivity contribution in [3.05, 3.63) is 69.2 Å². The molecule has 0 unspecified atom stereocenters. The van der Waals surface area contributed by atoms with Crippen molar-refractivity contribution >= 4 is 17.4 Å². The van der Waals surface area contributed by atoms with Gasteiger partial charge in [-0.25, -0.2) is 4.98 Å². The second-order valence-electron chi connectivity index (χ2n) is 6.27. The third-order valence-corrected chi connectivity index (χ3v) is 4.88. The van der Waals surface area contributed by atoms with Gasteiger partial charge in [-0.1, -0.05) is 17.7 Å². The average Bonchev–Trinajstić information content (AvgIpc) is 2.74. The highest BCUT2D eigenvalue weighted by molar-refractivity contribution is 6.31. The molecule has 7 nitrogen and oxygen atoms in total. The SMILES string of the molecule is COc1ccc(CNc2nccn(-c3cc(C)c(Cl)cc3OC)c2=O)cc1OC. The zero-order chi connectivity index (χ0) is 21.0. The first-order chi connectivity index (χ1) is 14.0. The number of halogens is 1. The molecule has 29 heavy (non-hydrogen) atoms. The average molecular weight is 416 g/mol. The lowest BCUT2D eigenvalue weighted by Gasteiger charge is -2.14. The molecule has 0 aliphatic rings. The molecule has 0 fully saturated rings. The normalized spacial score (nSPS) is 10.5. The summed E-state index contributed by atoms with van der Waals surface area (Å²) in [6.45, 7) is 2.26. The molecule has 8 heteroatoms. The van der Waals surface area contributed by atoms with E-state index in [1.165, 1.54) is 11.7 Å². The van der Waals surface area contributed by atoms with Gasteiger partial charge in [0, 0.05) is 30.0 Å². The van der Waals surface area contributed by atoms with E-state index in [0.29, 0.717) is 34.5 Å². The first kappa shape index (κ1) is 20.5. The van der Waals surface area contributed by atoms with Crippen LogP contribution in [0, 0.1) is 6.92 Å². The van der Waals surface area contributed by atoms with E-state index in [0.717, 1.165) is 11.1 Å². The molecule has 3 aromatic rings. The van der Waals surface area contributed by atoms with Crippen molar-refractivity contribution in [2.75, 3.05) is 26.6 Å². The van der Waals surface area contributed by atoms with E-state index in [-0.39, 0.29) is 11.4 Å². The standard InChI is InChI=1S/C21H22ClN3O4/c1-13-9-16(18(28-3)11-15(13)22)25-8-7-23-20(21(25)26)24-12-14-5-6-17(27-2)19(10-14)29-4/h5-11H,12H2,1-4H3,(H,23,24). The van der Waals surface area contributed by atoms with Crippen LogP contribution in [0.2, 0.25) is 5.02 Å². The van der Waals surface area contributed by atoms with Crippen molar-refractivity contribution in [1.29, 1.82) is 0 Å². The highest BCUT2D eigenvalue weighted by Gasteiger charge is 2.13. The Bertz CT molecular complexity index is 1080. The summed E-state index contributed by atoms with van der Waals surface area (Å²) < 4.78 is 17.4. The topological polar surface area (TPSA) is 74.6 Å². The summed E-state index contributed by atoms with van der Waals surface area (Å²) in [5.41, 5.74) is 2.05. The third kappa shape index (κ3) is 4.30. The Labute approximate surface area is 173 Å². The van der Waals surface area contributed by atoms with Crippen LogP contribution in [0.4, 0.5) is 5.82 Å². The predicted octanol–water partition coefficient (Wildman–Crippen LogP) is 3.83. The Balaban J connectivity index is 1.91. The van der Waals surface area contributed by atoms with Crippen LogP contribution in [0.15, 0.2) is 47.5 Å². The predicted molar refractivity (Wildman–Crippen MR) is 113 cm³/mol. The molecule has 0 bridgehead atoms. The van der Waals surface area contributed by atoms with Gasteiger partial charge < -0.3 is 19.5 Å². The molecule has 0 atom stereocenters. The van der Waals surface area contributed by atoms with Gasteiger partial charge in [0.15, 0.2) is 17.3 Å². The Kier molecular flexibility index (Phi) is 6.29. The first-order valence-corrected chi connectivity index (χ1v) is 9.23. The van der Waals surface area contributed by atoms with Gasteiger partial charge in [-0.05, 0) is 36.2 Å². The van der Waals surface area contributed by atoms with Gasteiger partial charge in [0.25, 0.3) is 5.56 Å². The second kappa shape index (κ2) is 8.87. The van der Waals surface area contributed by atoms with Crippen LogP contribution >= 0.6 is 11.6 Å². The molecule has 0 aliphatic carbocycles. The Morgan fingerprint density at radius 1 is 1.03 bits per heavy atom. The highest BCUT2D eigenvalue weighted by atomic mass is 35.5. The van der Waals surface area contributed by atoms with Crippen molar-refractivity contribution in [2.24, 2.45) is 0 Å². The molecule has 1 N–H and O–H groups in total. The molecule has 2 aromatic carbocycles. The van der Waals surface area contributed by atoms with E-state index in [4.69, 9.17) is 25.8 Å². The molecule has 0 radical (unpaired) electrons. The molecule has 0 saturated heterocycles. The van der Waals surface area contributed by atoms with Crippen LogP contribution in [-0.2, 0) is 6.54 Å². The molecule has 3 rings (SSSR count). The lowest BCUT2D eigenvalue weighted by atomic mass is 10.2. The van der Waals surface area contributed by atoms with Gasteiger partial charge in [0.1, 0.15) is 5.75 Å². The van der Waals surface area contributed by atoms with E-state index in [9.17, 15) is 4.79 Å². The van der Waals surface area contributed by atoms with Gasteiger partial charge in [-0.15, -0.1) is 0 Å². The number of ether oxygens (including phenoxy) is 3. The number of methoxy groups -OCH3 is 3. The number of aromatic nitrogens is 2. The van der Waals surface area contributed by atoms with Crippen molar-refractivity contribution in [1.82, 2.24) is 9.55 Å². The summed E-state index contributed by atoms with van der Waals surface area (Å²) in [4.78, 5) is 17.2. The fourth-order valence-electron chi connectivity index (χ4n) is 2.90. The number of nitrogens with one attached hydrogen (secondary N) is 1. The zero-order valence-corrected chi connectivity index (χ0v) is 17.4. The molecule has 1 heterocycles. The van der Waals surface area contributed by atoms with Crippen LogP contribution < -0.4 is 25.1 Å². The van der Waals surface area contributed by atoms with Crippen molar-refractivity contribution in [3.8, 4) is 22.9 Å². The first-order valence-electron chi connectivity index (χ1n) is 8.85. The molecule has 0 aliphatic heterocycles. The molecule has 1 aromatic heterocycles. The number of rotatable bonds is 7. The minimum Gasteiger partial charge on any atom is -0.495 e. The third-order valence-electron chi connectivity index (χ3n) is 4.47. The minimum absolute atomic E-state index is 0.219. The minimum atomic E-state index is -0.298. The number of hydrogen-bond acceptors (Lipinski definition) is 6. The van der Waals surface area contributed by atoms with Crippen LogP contribution in [-0.4, -0.2) is 30.9 Å². The molecular formula is C21H22ClN3O4. The van der Waals surface area contributed by atoms with Crippen LogP contribution in [0.3, 0.4) is 0 Å². The van der Waals surface area contributed by atoms with Crippen LogP contribution in [0.1, 0.15) is 11.1 Å². The number of hydrogen-bond donors (Lipinski definition) is 1. The monoisotopic (exact) mass is 415 g/mol. The van der Waals surface area contributed by atoms with Gasteiger partial charge >= 0.3 is 0 Å². The second-order valence-corrected chi connectivity index (χ2v) is 6.67.